The molecule has 0 spiro atoms. The number of nitrogens with zero attached hydrogens (tertiary/aromatic N) is 1. The van der Waals surface area contributed by atoms with E-state index in [0.717, 1.165) is 11.6 Å². The normalized spacial score (nSPS) is 16.5. The van der Waals surface area contributed by atoms with Gasteiger partial charge in [-0.05, 0) is 73.3 Å². The van der Waals surface area contributed by atoms with Gasteiger partial charge in [-0.25, -0.2) is 13.6 Å². The van der Waals surface area contributed by atoms with Crippen molar-refractivity contribution in [2.24, 2.45) is 0 Å². The highest BCUT2D eigenvalue weighted by Crippen LogP contribution is 2.45. The van der Waals surface area contributed by atoms with Gasteiger partial charge in [0.25, 0.3) is 0 Å². The summed E-state index contributed by atoms with van der Waals surface area (Å²) in [6, 6.07) is 7.99. The quantitative estimate of drug-likeness (QED) is 0.510. The molecule has 0 saturated heterocycles. The number of rotatable bonds is 2. The molecule has 0 radical (unpaired) electrons. The molecule has 0 bridgehead atoms. The van der Waals surface area contributed by atoms with E-state index >= 15 is 0 Å². The molecule has 0 saturated carbocycles. The summed E-state index contributed by atoms with van der Waals surface area (Å²) >= 11 is 3.30. The smallest absolute Gasteiger partial charge is 0.415 e. The predicted octanol–water partition coefficient (Wildman–Crippen LogP) is 6.16. The molecule has 2 aromatic rings. The van der Waals surface area contributed by atoms with Gasteiger partial charge in [-0.1, -0.05) is 12.1 Å². The van der Waals surface area contributed by atoms with E-state index in [1.165, 1.54) is 4.90 Å². The molecule has 1 aliphatic heterocycles. The van der Waals surface area contributed by atoms with Crippen LogP contribution in [-0.4, -0.2) is 18.8 Å². The highest BCUT2D eigenvalue weighted by atomic mass is 79.9. The van der Waals surface area contributed by atoms with Crippen LogP contribution in [0.5, 0.6) is 5.75 Å². The van der Waals surface area contributed by atoms with Crippen LogP contribution < -0.4 is 9.64 Å². The number of benzene rings is 2. The number of anilines is 1. The Morgan fingerprint density at radius 3 is 2.43 bits per heavy atom. The molecule has 2 aromatic carbocycles. The SMILES string of the molecule is COc1ccc(C2CCc3c(F)c(F)cc(Br)c3N2C(=O)OC(C)(C)C)cc1. The number of amides is 1. The van der Waals surface area contributed by atoms with Gasteiger partial charge in [0.1, 0.15) is 11.4 Å². The minimum absolute atomic E-state index is 0.169. The van der Waals surface area contributed by atoms with E-state index in [2.05, 4.69) is 15.9 Å². The Hall–Kier alpha value is -2.15. The van der Waals surface area contributed by atoms with E-state index < -0.39 is 23.3 Å². The number of halogens is 3. The number of methoxy groups -OCH3 is 1. The number of hydrogen-bond donors (Lipinski definition) is 0. The van der Waals surface area contributed by atoms with E-state index in [1.807, 2.05) is 12.1 Å². The van der Waals surface area contributed by atoms with Gasteiger partial charge in [0, 0.05) is 10.0 Å². The Morgan fingerprint density at radius 2 is 1.86 bits per heavy atom. The van der Waals surface area contributed by atoms with Crippen molar-refractivity contribution in [3.8, 4) is 5.75 Å². The van der Waals surface area contributed by atoms with E-state index in [1.54, 1.807) is 40.0 Å². The Kier molecular flexibility index (Phi) is 5.66. The van der Waals surface area contributed by atoms with Crippen molar-refractivity contribution < 1.29 is 23.0 Å². The Morgan fingerprint density at radius 1 is 1.21 bits per heavy atom. The van der Waals surface area contributed by atoms with Crippen LogP contribution in [0.3, 0.4) is 0 Å². The van der Waals surface area contributed by atoms with Crippen LogP contribution in [0.25, 0.3) is 0 Å². The van der Waals surface area contributed by atoms with Gasteiger partial charge in [-0.2, -0.15) is 0 Å². The first-order valence-corrected chi connectivity index (χ1v) is 9.74. The third-order valence-corrected chi connectivity index (χ3v) is 5.16. The molecule has 1 amide bonds. The zero-order chi connectivity index (χ0) is 20.6. The van der Waals surface area contributed by atoms with Gasteiger partial charge in [0.2, 0.25) is 0 Å². The van der Waals surface area contributed by atoms with Crippen molar-refractivity contribution in [1.29, 1.82) is 0 Å². The number of ether oxygens (including phenoxy) is 2. The number of carbonyl (C=O) groups excluding carboxylic acids is 1. The zero-order valence-electron chi connectivity index (χ0n) is 16.2. The largest absolute Gasteiger partial charge is 0.497 e. The maximum absolute atomic E-state index is 14.5. The summed E-state index contributed by atoms with van der Waals surface area (Å²) in [4.78, 5) is 14.5. The van der Waals surface area contributed by atoms with Crippen LogP contribution in [0.1, 0.15) is 44.4 Å². The lowest BCUT2D eigenvalue weighted by atomic mass is 9.91. The second-order valence-corrected chi connectivity index (χ2v) is 8.51. The summed E-state index contributed by atoms with van der Waals surface area (Å²) in [6.07, 6.45) is 0.125. The van der Waals surface area contributed by atoms with Gasteiger partial charge < -0.3 is 9.47 Å². The molecule has 7 heteroatoms. The van der Waals surface area contributed by atoms with Crippen molar-refractivity contribution in [1.82, 2.24) is 0 Å². The molecule has 0 fully saturated rings. The lowest BCUT2D eigenvalue weighted by Gasteiger charge is -2.39. The molecule has 28 heavy (non-hydrogen) atoms. The Bertz CT molecular complexity index is 894. The van der Waals surface area contributed by atoms with E-state index in [0.29, 0.717) is 28.8 Å². The van der Waals surface area contributed by atoms with Gasteiger partial charge in [-0.15, -0.1) is 0 Å². The van der Waals surface area contributed by atoms with Crippen molar-refractivity contribution in [2.75, 3.05) is 12.0 Å². The lowest BCUT2D eigenvalue weighted by Crippen LogP contribution is -2.42. The fourth-order valence-electron chi connectivity index (χ4n) is 3.36. The van der Waals surface area contributed by atoms with E-state index in [-0.39, 0.29) is 11.6 Å². The van der Waals surface area contributed by atoms with Crippen molar-refractivity contribution >= 4 is 27.7 Å². The van der Waals surface area contributed by atoms with Gasteiger partial charge in [-0.3, -0.25) is 4.90 Å². The molecule has 0 aliphatic carbocycles. The minimum atomic E-state index is -0.947. The first kappa shape index (κ1) is 20.6. The van der Waals surface area contributed by atoms with Gasteiger partial charge in [0.05, 0.1) is 18.8 Å². The standard InChI is InChI=1S/C21H22BrF2NO3/c1-21(2,3)28-20(26)25-17(12-5-7-13(27-4)8-6-12)10-9-14-18(24)16(23)11-15(22)19(14)25/h5-8,11,17H,9-10H2,1-4H3. The molecule has 3 rings (SSSR count). The van der Waals surface area contributed by atoms with Crippen LogP contribution >= 0.6 is 15.9 Å². The third kappa shape index (κ3) is 3.99. The highest BCUT2D eigenvalue weighted by molar-refractivity contribution is 9.10. The molecule has 0 N–H and O–H groups in total. The van der Waals surface area contributed by atoms with Crippen molar-refractivity contribution in [3.63, 3.8) is 0 Å². The van der Waals surface area contributed by atoms with Crippen LogP contribution in [0.15, 0.2) is 34.8 Å². The summed E-state index contributed by atoms with van der Waals surface area (Å²) < 4.78 is 39.5. The molecule has 1 heterocycles. The molecule has 0 aromatic heterocycles. The van der Waals surface area contributed by atoms with E-state index in [9.17, 15) is 13.6 Å². The molecular weight excluding hydrogens is 432 g/mol. The Balaban J connectivity index is 2.12. The maximum Gasteiger partial charge on any atom is 0.415 e. The first-order chi connectivity index (χ1) is 13.1. The van der Waals surface area contributed by atoms with Crippen LogP contribution in [-0.2, 0) is 11.2 Å². The molecule has 1 aliphatic rings. The average Bonchev–Trinajstić information content (AvgIpc) is 2.63. The molecule has 1 atom stereocenters. The van der Waals surface area contributed by atoms with Crippen LogP contribution in [0.2, 0.25) is 0 Å². The molecule has 150 valence electrons. The van der Waals surface area contributed by atoms with Gasteiger partial charge >= 0.3 is 6.09 Å². The number of carbonyl (C=O) groups is 1. The van der Waals surface area contributed by atoms with Crippen LogP contribution in [0, 0.1) is 11.6 Å². The lowest BCUT2D eigenvalue weighted by molar-refractivity contribution is 0.0559. The summed E-state index contributed by atoms with van der Waals surface area (Å²) in [5.74, 6) is -1.18. The van der Waals surface area contributed by atoms with Crippen LogP contribution in [0.4, 0.5) is 19.3 Å². The number of hydrogen-bond acceptors (Lipinski definition) is 3. The molecule has 4 nitrogen and oxygen atoms in total. The first-order valence-electron chi connectivity index (χ1n) is 8.95. The maximum atomic E-state index is 14.5. The molecule has 1 unspecified atom stereocenters. The zero-order valence-corrected chi connectivity index (χ0v) is 17.8. The third-order valence-electron chi connectivity index (χ3n) is 4.55. The van der Waals surface area contributed by atoms with Gasteiger partial charge in [0.15, 0.2) is 11.6 Å². The van der Waals surface area contributed by atoms with E-state index in [4.69, 9.17) is 9.47 Å². The molecular formula is C21H22BrF2NO3. The fraction of sp³-hybridized carbons (Fsp3) is 0.381. The summed E-state index contributed by atoms with van der Waals surface area (Å²) in [6.45, 7) is 5.29. The summed E-state index contributed by atoms with van der Waals surface area (Å²) in [5, 5.41) is 0. The minimum Gasteiger partial charge on any atom is -0.497 e. The summed E-state index contributed by atoms with van der Waals surface area (Å²) in [7, 11) is 1.58. The summed E-state index contributed by atoms with van der Waals surface area (Å²) in [5.41, 5.74) is 0.598. The monoisotopic (exact) mass is 453 g/mol. The van der Waals surface area contributed by atoms with Crippen molar-refractivity contribution in [3.05, 3.63) is 57.6 Å². The highest BCUT2D eigenvalue weighted by Gasteiger charge is 2.38. The second kappa shape index (κ2) is 7.70. The number of fused-ring (bicyclic) bond motifs is 1. The van der Waals surface area contributed by atoms with Crippen molar-refractivity contribution in [2.45, 2.75) is 45.3 Å². The predicted molar refractivity (Wildman–Crippen MR) is 107 cm³/mol. The fourth-order valence-corrected chi connectivity index (χ4v) is 3.99. The Labute approximate surface area is 171 Å². The average molecular weight is 454 g/mol. The second-order valence-electron chi connectivity index (χ2n) is 7.66. The topological polar surface area (TPSA) is 38.8 Å².